The Morgan fingerprint density at radius 1 is 0.923 bits per heavy atom. The van der Waals surface area contributed by atoms with Gasteiger partial charge in [0, 0.05) is 0 Å². The zero-order valence-corrected chi connectivity index (χ0v) is 16.1. The van der Waals surface area contributed by atoms with Crippen LogP contribution in [0.25, 0.3) is 0 Å². The predicted octanol–water partition coefficient (Wildman–Crippen LogP) is 7.85. The van der Waals surface area contributed by atoms with Gasteiger partial charge >= 0.3 is 6.18 Å². The summed E-state index contributed by atoms with van der Waals surface area (Å²) in [6.07, 6.45) is 14.2. The van der Waals surface area contributed by atoms with Crippen molar-refractivity contribution in [1.29, 1.82) is 0 Å². The Hall–Kier alpha value is -0.730. The van der Waals surface area contributed by atoms with Crippen LogP contribution >= 0.6 is 0 Å². The number of hydrogen-bond donors (Lipinski definition) is 0. The SMILES string of the molecule is C=CCCC1CCC([C@H]2CC=C(C3CCC(C(F)(F)F)CC3)CC2)CC1. The van der Waals surface area contributed by atoms with Crippen LogP contribution < -0.4 is 0 Å². The Kier molecular flexibility index (Phi) is 6.91. The molecule has 3 rings (SSSR count). The first-order chi connectivity index (χ1) is 12.5. The van der Waals surface area contributed by atoms with Crippen molar-refractivity contribution >= 4 is 0 Å². The van der Waals surface area contributed by atoms with Crippen LogP contribution in [-0.4, -0.2) is 6.18 Å². The predicted molar refractivity (Wildman–Crippen MR) is 102 cm³/mol. The van der Waals surface area contributed by atoms with Crippen molar-refractivity contribution in [2.24, 2.45) is 29.6 Å². The molecule has 1 atom stereocenters. The van der Waals surface area contributed by atoms with E-state index in [-0.39, 0.29) is 0 Å². The summed E-state index contributed by atoms with van der Waals surface area (Å²) in [4.78, 5) is 0. The third-order valence-corrected chi connectivity index (χ3v) is 7.54. The van der Waals surface area contributed by atoms with Gasteiger partial charge in [-0.05, 0) is 94.3 Å². The zero-order valence-electron chi connectivity index (χ0n) is 16.1. The van der Waals surface area contributed by atoms with Crippen LogP contribution in [0, 0.1) is 29.6 Å². The van der Waals surface area contributed by atoms with Crippen molar-refractivity contribution in [3.05, 3.63) is 24.3 Å². The standard InChI is InChI=1S/C23H35F3/c1-2-3-4-17-5-7-18(8-6-17)19-9-11-20(12-10-19)21-13-15-22(16-14-21)23(24,25)26/h2,11,17-19,21-22H,1,3-10,12-16H2/t17?,18?,19-,21?,22?/m0/s1. The lowest BCUT2D eigenvalue weighted by Crippen LogP contribution is -2.29. The highest BCUT2D eigenvalue weighted by atomic mass is 19.4. The Balaban J connectivity index is 1.42. The van der Waals surface area contributed by atoms with Crippen molar-refractivity contribution in [2.45, 2.75) is 89.6 Å². The maximum atomic E-state index is 12.8. The minimum atomic E-state index is -3.98. The van der Waals surface area contributed by atoms with Crippen molar-refractivity contribution in [2.75, 3.05) is 0 Å². The zero-order chi connectivity index (χ0) is 18.6. The van der Waals surface area contributed by atoms with Crippen molar-refractivity contribution in [1.82, 2.24) is 0 Å². The smallest absolute Gasteiger partial charge is 0.171 e. The Labute approximate surface area is 157 Å². The molecule has 0 spiro atoms. The molecule has 0 heterocycles. The number of rotatable bonds is 5. The molecule has 0 aromatic carbocycles. The van der Waals surface area contributed by atoms with Gasteiger partial charge in [0.2, 0.25) is 0 Å². The van der Waals surface area contributed by atoms with Gasteiger partial charge in [-0.3, -0.25) is 0 Å². The molecule has 26 heavy (non-hydrogen) atoms. The molecule has 0 aliphatic heterocycles. The average Bonchev–Trinajstić information content (AvgIpc) is 2.66. The molecule has 148 valence electrons. The molecule has 0 bridgehead atoms. The number of halogens is 3. The van der Waals surface area contributed by atoms with Crippen molar-refractivity contribution < 1.29 is 13.2 Å². The second kappa shape index (κ2) is 8.97. The second-order valence-corrected chi connectivity index (χ2v) is 9.05. The van der Waals surface area contributed by atoms with Crippen LogP contribution in [0.15, 0.2) is 24.3 Å². The first-order valence-electron chi connectivity index (χ1n) is 10.8. The normalized spacial score (nSPS) is 36.4. The van der Waals surface area contributed by atoms with Crippen LogP contribution in [0.1, 0.15) is 83.5 Å². The number of alkyl halides is 3. The average molecular weight is 369 g/mol. The molecular weight excluding hydrogens is 333 g/mol. The van der Waals surface area contributed by atoms with E-state index in [0.29, 0.717) is 18.8 Å². The molecular formula is C23H35F3. The summed E-state index contributed by atoms with van der Waals surface area (Å²) in [6.45, 7) is 3.83. The largest absolute Gasteiger partial charge is 0.391 e. The molecule has 0 unspecified atom stereocenters. The molecule has 0 aromatic heterocycles. The van der Waals surface area contributed by atoms with Crippen molar-refractivity contribution in [3.8, 4) is 0 Å². The molecule has 0 saturated heterocycles. The van der Waals surface area contributed by atoms with Gasteiger partial charge in [0.25, 0.3) is 0 Å². The lowest BCUT2D eigenvalue weighted by molar-refractivity contribution is -0.183. The third kappa shape index (κ3) is 5.16. The van der Waals surface area contributed by atoms with Gasteiger partial charge in [-0.2, -0.15) is 13.2 Å². The van der Waals surface area contributed by atoms with E-state index in [0.717, 1.165) is 43.4 Å². The molecule has 0 radical (unpaired) electrons. The van der Waals surface area contributed by atoms with Crippen LogP contribution in [0.3, 0.4) is 0 Å². The van der Waals surface area contributed by atoms with Crippen LogP contribution in [0.4, 0.5) is 13.2 Å². The summed E-state index contributed by atoms with van der Waals surface area (Å²) < 4.78 is 38.5. The summed E-state index contributed by atoms with van der Waals surface area (Å²) in [5.74, 6) is 2.00. The highest BCUT2D eigenvalue weighted by molar-refractivity contribution is 5.12. The fourth-order valence-corrected chi connectivity index (χ4v) is 5.77. The lowest BCUT2D eigenvalue weighted by atomic mass is 9.68. The molecule has 0 aromatic rings. The van der Waals surface area contributed by atoms with E-state index >= 15 is 0 Å². The molecule has 2 saturated carbocycles. The molecule has 3 aliphatic carbocycles. The fourth-order valence-electron chi connectivity index (χ4n) is 5.77. The van der Waals surface area contributed by atoms with E-state index < -0.39 is 12.1 Å². The molecule has 3 heteroatoms. The molecule has 3 aliphatic rings. The first-order valence-corrected chi connectivity index (χ1v) is 10.8. The first kappa shape index (κ1) is 20.0. The third-order valence-electron chi connectivity index (χ3n) is 7.54. The monoisotopic (exact) mass is 368 g/mol. The minimum Gasteiger partial charge on any atom is -0.171 e. The fraction of sp³-hybridized carbons (Fsp3) is 0.826. The van der Waals surface area contributed by atoms with Gasteiger partial charge in [-0.25, -0.2) is 0 Å². The van der Waals surface area contributed by atoms with Gasteiger partial charge in [0.05, 0.1) is 5.92 Å². The van der Waals surface area contributed by atoms with Gasteiger partial charge in [-0.15, -0.1) is 6.58 Å². The Bertz CT molecular complexity index is 474. The van der Waals surface area contributed by atoms with E-state index in [1.165, 1.54) is 50.5 Å². The quantitative estimate of drug-likeness (QED) is 0.433. The van der Waals surface area contributed by atoms with E-state index in [2.05, 4.69) is 12.7 Å². The molecule has 0 N–H and O–H groups in total. The summed E-state index contributed by atoms with van der Waals surface area (Å²) >= 11 is 0. The van der Waals surface area contributed by atoms with E-state index in [1.807, 2.05) is 6.08 Å². The minimum absolute atomic E-state index is 0.337. The van der Waals surface area contributed by atoms with Crippen LogP contribution in [0.5, 0.6) is 0 Å². The van der Waals surface area contributed by atoms with E-state index in [1.54, 1.807) is 0 Å². The van der Waals surface area contributed by atoms with Gasteiger partial charge in [-0.1, -0.05) is 30.6 Å². The molecule has 0 amide bonds. The Morgan fingerprint density at radius 2 is 1.62 bits per heavy atom. The van der Waals surface area contributed by atoms with Crippen LogP contribution in [-0.2, 0) is 0 Å². The summed E-state index contributed by atoms with van der Waals surface area (Å²) in [6, 6.07) is 0. The summed E-state index contributed by atoms with van der Waals surface area (Å²) in [7, 11) is 0. The number of allylic oxidation sites excluding steroid dienone is 3. The van der Waals surface area contributed by atoms with Crippen LogP contribution in [0.2, 0.25) is 0 Å². The highest BCUT2D eigenvalue weighted by Crippen LogP contribution is 2.46. The van der Waals surface area contributed by atoms with Gasteiger partial charge in [0.15, 0.2) is 0 Å². The maximum Gasteiger partial charge on any atom is 0.391 e. The van der Waals surface area contributed by atoms with E-state index in [4.69, 9.17) is 0 Å². The summed E-state index contributed by atoms with van der Waals surface area (Å²) in [5.41, 5.74) is 1.49. The lowest BCUT2D eigenvalue weighted by Gasteiger charge is -2.37. The molecule has 0 nitrogen and oxygen atoms in total. The number of hydrogen-bond acceptors (Lipinski definition) is 0. The van der Waals surface area contributed by atoms with E-state index in [9.17, 15) is 13.2 Å². The second-order valence-electron chi connectivity index (χ2n) is 9.05. The summed E-state index contributed by atoms with van der Waals surface area (Å²) in [5, 5.41) is 0. The van der Waals surface area contributed by atoms with Gasteiger partial charge < -0.3 is 0 Å². The molecule has 2 fully saturated rings. The highest BCUT2D eigenvalue weighted by Gasteiger charge is 2.42. The topological polar surface area (TPSA) is 0 Å². The van der Waals surface area contributed by atoms with Crippen molar-refractivity contribution in [3.63, 3.8) is 0 Å². The maximum absolute atomic E-state index is 12.8. The Morgan fingerprint density at radius 3 is 2.15 bits per heavy atom. The van der Waals surface area contributed by atoms with Gasteiger partial charge in [0.1, 0.15) is 0 Å².